The molecule has 28 heavy (non-hydrogen) atoms. The number of rotatable bonds is 7. The summed E-state index contributed by atoms with van der Waals surface area (Å²) in [6.07, 6.45) is 9.39. The third kappa shape index (κ3) is 4.64. The van der Waals surface area contributed by atoms with E-state index in [1.165, 1.54) is 19.3 Å². The molecule has 0 heterocycles. The van der Waals surface area contributed by atoms with Crippen LogP contribution in [0.1, 0.15) is 79.1 Å². The minimum atomic E-state index is 0.112. The van der Waals surface area contributed by atoms with Gasteiger partial charge in [-0.3, -0.25) is 9.79 Å². The number of guanidine groups is 1. The first-order valence-electron chi connectivity index (χ1n) is 11.5. The van der Waals surface area contributed by atoms with Crippen LogP contribution in [-0.4, -0.2) is 49.2 Å². The Morgan fingerprint density at radius 2 is 1.93 bits per heavy atom. The lowest BCUT2D eigenvalue weighted by molar-refractivity contribution is -0.168. The number of hydrogen-bond acceptors (Lipinski definition) is 3. The molecule has 3 rings (SSSR count). The standard InChI is InChI=1S/C22H40N4O2/c1-5-23-21(26-18-14-19(28-6-2)22(18)11-8-12-22)25-17-10-7-9-16(13-17)20(27)24-15(3)4/h15-19H,5-14H2,1-4H3,(H,24,27)(H2,23,25,26). The van der Waals surface area contributed by atoms with Gasteiger partial charge in [0.25, 0.3) is 0 Å². The molecule has 3 N–H and O–H groups in total. The molecule has 3 aliphatic carbocycles. The van der Waals surface area contributed by atoms with Gasteiger partial charge in [0.2, 0.25) is 5.91 Å². The molecular weight excluding hydrogens is 352 g/mol. The smallest absolute Gasteiger partial charge is 0.223 e. The van der Waals surface area contributed by atoms with Gasteiger partial charge in [-0.05, 0) is 66.2 Å². The van der Waals surface area contributed by atoms with Crippen LogP contribution < -0.4 is 16.0 Å². The number of ether oxygens (including phenoxy) is 1. The van der Waals surface area contributed by atoms with E-state index in [0.717, 1.165) is 51.2 Å². The largest absolute Gasteiger partial charge is 0.378 e. The first-order valence-corrected chi connectivity index (χ1v) is 11.5. The van der Waals surface area contributed by atoms with Crippen molar-refractivity contribution in [3.8, 4) is 0 Å². The first-order chi connectivity index (χ1) is 13.5. The zero-order valence-corrected chi connectivity index (χ0v) is 18.2. The van der Waals surface area contributed by atoms with E-state index in [1.54, 1.807) is 0 Å². The van der Waals surface area contributed by atoms with Crippen molar-refractivity contribution in [3.05, 3.63) is 0 Å². The van der Waals surface area contributed by atoms with Crippen molar-refractivity contribution in [2.45, 2.75) is 103 Å². The molecule has 1 spiro atoms. The lowest BCUT2D eigenvalue weighted by Gasteiger charge is -2.61. The number of nitrogens with one attached hydrogen (secondary N) is 3. The lowest BCUT2D eigenvalue weighted by Crippen LogP contribution is -2.69. The van der Waals surface area contributed by atoms with E-state index in [1.807, 2.05) is 13.8 Å². The number of carbonyl (C=O) groups excluding carboxylic acids is 1. The predicted molar refractivity (Wildman–Crippen MR) is 113 cm³/mol. The van der Waals surface area contributed by atoms with Crippen LogP contribution in [0.15, 0.2) is 4.99 Å². The van der Waals surface area contributed by atoms with E-state index in [0.29, 0.717) is 23.6 Å². The second-order valence-electron chi connectivity index (χ2n) is 9.15. The summed E-state index contributed by atoms with van der Waals surface area (Å²) in [4.78, 5) is 17.1. The van der Waals surface area contributed by atoms with Crippen molar-refractivity contribution in [3.63, 3.8) is 0 Å². The average molecular weight is 393 g/mol. The summed E-state index contributed by atoms with van der Waals surface area (Å²) in [7, 11) is 0. The molecule has 160 valence electrons. The van der Waals surface area contributed by atoms with Gasteiger partial charge >= 0.3 is 0 Å². The van der Waals surface area contributed by atoms with Gasteiger partial charge in [0.1, 0.15) is 0 Å². The molecule has 0 radical (unpaired) electrons. The highest BCUT2D eigenvalue weighted by Crippen LogP contribution is 2.57. The van der Waals surface area contributed by atoms with Crippen LogP contribution in [0.4, 0.5) is 0 Å². The SMILES string of the molecule is CCN=C(NC1CCCC(C(=O)NC(C)C)C1)NC1CC(OCC)C12CCC2. The normalized spacial score (nSPS) is 31.8. The molecule has 0 aliphatic heterocycles. The molecule has 0 aromatic carbocycles. The second kappa shape index (κ2) is 9.47. The minimum absolute atomic E-state index is 0.112. The zero-order valence-electron chi connectivity index (χ0n) is 18.2. The number of aliphatic imine (C=N–C) groups is 1. The summed E-state index contributed by atoms with van der Waals surface area (Å²) in [6, 6.07) is 0.976. The van der Waals surface area contributed by atoms with Gasteiger partial charge in [-0.25, -0.2) is 0 Å². The summed E-state index contributed by atoms with van der Waals surface area (Å²) in [5, 5.41) is 10.4. The highest BCUT2D eigenvalue weighted by atomic mass is 16.5. The Morgan fingerprint density at radius 3 is 2.54 bits per heavy atom. The monoisotopic (exact) mass is 392 g/mol. The third-order valence-electron chi connectivity index (χ3n) is 6.88. The van der Waals surface area contributed by atoms with E-state index in [-0.39, 0.29) is 17.9 Å². The van der Waals surface area contributed by atoms with Gasteiger partial charge < -0.3 is 20.7 Å². The zero-order chi connectivity index (χ0) is 20.1. The Labute approximate surface area is 170 Å². The quantitative estimate of drug-likeness (QED) is 0.460. The van der Waals surface area contributed by atoms with Crippen molar-refractivity contribution >= 4 is 11.9 Å². The minimum Gasteiger partial charge on any atom is -0.378 e. The van der Waals surface area contributed by atoms with Crippen molar-refractivity contribution < 1.29 is 9.53 Å². The maximum Gasteiger partial charge on any atom is 0.223 e. The molecule has 4 unspecified atom stereocenters. The summed E-state index contributed by atoms with van der Waals surface area (Å²) in [5.41, 5.74) is 0.318. The Bertz CT molecular complexity index is 559. The molecule has 3 aliphatic rings. The molecule has 0 aromatic rings. The fraction of sp³-hybridized carbons (Fsp3) is 0.909. The van der Waals surface area contributed by atoms with Gasteiger partial charge in [0.15, 0.2) is 5.96 Å². The number of amides is 1. The van der Waals surface area contributed by atoms with Crippen molar-refractivity contribution in [1.29, 1.82) is 0 Å². The molecule has 4 atom stereocenters. The number of nitrogens with zero attached hydrogens (tertiary/aromatic N) is 1. The average Bonchev–Trinajstić information content (AvgIpc) is 2.59. The van der Waals surface area contributed by atoms with E-state index >= 15 is 0 Å². The van der Waals surface area contributed by atoms with Crippen LogP contribution in [0.5, 0.6) is 0 Å². The topological polar surface area (TPSA) is 74.8 Å². The maximum atomic E-state index is 12.4. The predicted octanol–water partition coefficient (Wildman–Crippen LogP) is 2.97. The van der Waals surface area contributed by atoms with Crippen LogP contribution >= 0.6 is 0 Å². The van der Waals surface area contributed by atoms with Gasteiger partial charge in [-0.15, -0.1) is 0 Å². The Hall–Kier alpha value is -1.30. The van der Waals surface area contributed by atoms with Gasteiger partial charge in [0, 0.05) is 42.6 Å². The summed E-state index contributed by atoms with van der Waals surface area (Å²) in [6.45, 7) is 9.77. The Kier molecular flexibility index (Phi) is 7.24. The second-order valence-corrected chi connectivity index (χ2v) is 9.15. The van der Waals surface area contributed by atoms with Crippen LogP contribution in [-0.2, 0) is 9.53 Å². The lowest BCUT2D eigenvalue weighted by atomic mass is 9.51. The van der Waals surface area contributed by atoms with Crippen LogP contribution in [0.3, 0.4) is 0 Å². The van der Waals surface area contributed by atoms with Gasteiger partial charge in [-0.1, -0.05) is 12.8 Å². The van der Waals surface area contributed by atoms with Crippen LogP contribution in [0, 0.1) is 11.3 Å². The maximum absolute atomic E-state index is 12.4. The molecule has 1 amide bonds. The van der Waals surface area contributed by atoms with E-state index < -0.39 is 0 Å². The molecule has 6 heteroatoms. The Morgan fingerprint density at radius 1 is 1.14 bits per heavy atom. The van der Waals surface area contributed by atoms with Gasteiger partial charge in [0.05, 0.1) is 6.10 Å². The molecule has 0 aromatic heterocycles. The van der Waals surface area contributed by atoms with Gasteiger partial charge in [-0.2, -0.15) is 0 Å². The summed E-state index contributed by atoms with van der Waals surface area (Å²) < 4.78 is 5.98. The molecule has 3 saturated carbocycles. The van der Waals surface area contributed by atoms with Crippen molar-refractivity contribution in [1.82, 2.24) is 16.0 Å². The highest BCUT2D eigenvalue weighted by Gasteiger charge is 2.59. The van der Waals surface area contributed by atoms with E-state index in [2.05, 4.69) is 29.8 Å². The summed E-state index contributed by atoms with van der Waals surface area (Å²) >= 11 is 0. The molecule has 3 fully saturated rings. The Balaban J connectivity index is 1.55. The molecule has 6 nitrogen and oxygen atoms in total. The fourth-order valence-corrected chi connectivity index (χ4v) is 5.25. The third-order valence-corrected chi connectivity index (χ3v) is 6.88. The molecule has 0 saturated heterocycles. The fourth-order valence-electron chi connectivity index (χ4n) is 5.25. The molecule has 0 bridgehead atoms. The first kappa shape index (κ1) is 21.4. The number of hydrogen-bond donors (Lipinski definition) is 3. The van der Waals surface area contributed by atoms with Crippen LogP contribution in [0.2, 0.25) is 0 Å². The summed E-state index contributed by atoms with van der Waals surface area (Å²) in [5.74, 6) is 1.24. The van der Waals surface area contributed by atoms with Crippen molar-refractivity contribution in [2.24, 2.45) is 16.3 Å². The molecular formula is C22H40N4O2. The van der Waals surface area contributed by atoms with Crippen molar-refractivity contribution in [2.75, 3.05) is 13.2 Å². The van der Waals surface area contributed by atoms with E-state index in [9.17, 15) is 4.79 Å². The van der Waals surface area contributed by atoms with Crippen LogP contribution in [0.25, 0.3) is 0 Å². The number of carbonyl (C=O) groups is 1. The highest BCUT2D eigenvalue weighted by molar-refractivity contribution is 5.81. The van der Waals surface area contributed by atoms with E-state index in [4.69, 9.17) is 9.73 Å².